The van der Waals surface area contributed by atoms with Crippen LogP contribution in [-0.4, -0.2) is 12.0 Å². The normalized spacial score (nSPS) is 13.3. The molecule has 0 aliphatic heterocycles. The molecule has 0 bridgehead atoms. The quantitative estimate of drug-likeness (QED) is 0.899. The Morgan fingerprint density at radius 3 is 2.45 bits per heavy atom. The summed E-state index contributed by atoms with van der Waals surface area (Å²) in [6.45, 7) is 3.34. The molecule has 0 saturated heterocycles. The van der Waals surface area contributed by atoms with E-state index in [0.29, 0.717) is 16.3 Å². The first-order valence-electron chi connectivity index (χ1n) is 6.95. The standard InChI is InChI=1S/C17H17ClFNO2/c1-11(13-7-3-5-9-15(13)19)20-17(21)12(2)22-16-10-6-4-8-14(16)18/h3-12H,1-2H3,(H,20,21)/t11-,12-/m1/s1. The summed E-state index contributed by atoms with van der Waals surface area (Å²) in [5.74, 6) is -0.254. The average Bonchev–Trinajstić information content (AvgIpc) is 2.49. The van der Waals surface area contributed by atoms with Crippen molar-refractivity contribution in [3.63, 3.8) is 0 Å². The number of carbonyl (C=O) groups is 1. The number of hydrogen-bond acceptors (Lipinski definition) is 2. The molecule has 0 aliphatic carbocycles. The van der Waals surface area contributed by atoms with Crippen LogP contribution >= 0.6 is 11.6 Å². The Labute approximate surface area is 134 Å². The minimum absolute atomic E-state index is 0.337. The zero-order valence-electron chi connectivity index (χ0n) is 12.3. The van der Waals surface area contributed by atoms with Crippen LogP contribution in [0.15, 0.2) is 48.5 Å². The van der Waals surface area contributed by atoms with Crippen LogP contribution in [0.25, 0.3) is 0 Å². The smallest absolute Gasteiger partial charge is 0.261 e. The Balaban J connectivity index is 2.00. The molecular formula is C17H17ClFNO2. The van der Waals surface area contributed by atoms with E-state index in [-0.39, 0.29) is 11.7 Å². The van der Waals surface area contributed by atoms with Crippen molar-refractivity contribution in [2.45, 2.75) is 26.0 Å². The third kappa shape index (κ3) is 3.98. The fourth-order valence-corrected chi connectivity index (χ4v) is 2.20. The monoisotopic (exact) mass is 321 g/mol. The largest absolute Gasteiger partial charge is 0.479 e. The third-order valence-corrected chi connectivity index (χ3v) is 3.55. The van der Waals surface area contributed by atoms with Crippen molar-refractivity contribution in [2.75, 3.05) is 0 Å². The Morgan fingerprint density at radius 1 is 1.14 bits per heavy atom. The van der Waals surface area contributed by atoms with Crippen molar-refractivity contribution in [3.8, 4) is 5.75 Å². The number of amides is 1. The van der Waals surface area contributed by atoms with E-state index < -0.39 is 12.1 Å². The molecular weight excluding hydrogens is 305 g/mol. The van der Waals surface area contributed by atoms with Crippen LogP contribution in [0.3, 0.4) is 0 Å². The molecule has 0 aromatic heterocycles. The second kappa shape index (κ2) is 7.27. The minimum Gasteiger partial charge on any atom is -0.479 e. The summed E-state index contributed by atoms with van der Waals surface area (Å²) < 4.78 is 19.2. The number of benzene rings is 2. The fraction of sp³-hybridized carbons (Fsp3) is 0.235. The Bertz CT molecular complexity index is 663. The summed E-state index contributed by atoms with van der Waals surface area (Å²) in [6, 6.07) is 12.8. The molecule has 1 amide bonds. The van der Waals surface area contributed by atoms with Gasteiger partial charge in [-0.05, 0) is 32.0 Å². The molecule has 0 unspecified atom stereocenters. The van der Waals surface area contributed by atoms with Crippen molar-refractivity contribution >= 4 is 17.5 Å². The highest BCUT2D eigenvalue weighted by Gasteiger charge is 2.19. The maximum absolute atomic E-state index is 13.7. The number of ether oxygens (including phenoxy) is 1. The van der Waals surface area contributed by atoms with Gasteiger partial charge in [-0.2, -0.15) is 0 Å². The van der Waals surface area contributed by atoms with Crippen molar-refractivity contribution < 1.29 is 13.9 Å². The van der Waals surface area contributed by atoms with Crippen LogP contribution in [0.2, 0.25) is 5.02 Å². The fourth-order valence-electron chi connectivity index (χ4n) is 2.02. The molecule has 1 N–H and O–H groups in total. The highest BCUT2D eigenvalue weighted by molar-refractivity contribution is 6.32. The van der Waals surface area contributed by atoms with E-state index in [0.717, 1.165) is 0 Å². The highest BCUT2D eigenvalue weighted by Crippen LogP contribution is 2.24. The maximum Gasteiger partial charge on any atom is 0.261 e. The summed E-state index contributed by atoms with van der Waals surface area (Å²) in [7, 11) is 0. The van der Waals surface area contributed by atoms with Gasteiger partial charge in [0.1, 0.15) is 11.6 Å². The van der Waals surface area contributed by atoms with Crippen LogP contribution in [0, 0.1) is 5.82 Å². The van der Waals surface area contributed by atoms with Crippen molar-refractivity contribution in [3.05, 3.63) is 64.9 Å². The first-order chi connectivity index (χ1) is 10.5. The molecule has 116 valence electrons. The number of rotatable bonds is 5. The minimum atomic E-state index is -0.742. The first-order valence-corrected chi connectivity index (χ1v) is 7.33. The molecule has 3 nitrogen and oxygen atoms in total. The van der Waals surface area contributed by atoms with Gasteiger partial charge in [0.2, 0.25) is 0 Å². The molecule has 0 saturated carbocycles. The number of halogens is 2. The van der Waals surface area contributed by atoms with Gasteiger partial charge < -0.3 is 10.1 Å². The van der Waals surface area contributed by atoms with E-state index in [1.165, 1.54) is 6.07 Å². The van der Waals surface area contributed by atoms with Crippen molar-refractivity contribution in [2.24, 2.45) is 0 Å². The summed E-state index contributed by atoms with van der Waals surface area (Å²) >= 11 is 5.99. The van der Waals surface area contributed by atoms with Gasteiger partial charge in [-0.25, -0.2) is 4.39 Å². The maximum atomic E-state index is 13.7. The highest BCUT2D eigenvalue weighted by atomic mass is 35.5. The molecule has 2 aromatic carbocycles. The van der Waals surface area contributed by atoms with Gasteiger partial charge in [0.25, 0.3) is 5.91 Å². The molecule has 22 heavy (non-hydrogen) atoms. The van der Waals surface area contributed by atoms with Gasteiger partial charge in [0, 0.05) is 5.56 Å². The third-order valence-electron chi connectivity index (χ3n) is 3.24. The predicted molar refractivity (Wildman–Crippen MR) is 84.5 cm³/mol. The first kappa shape index (κ1) is 16.3. The summed E-state index contributed by atoms with van der Waals surface area (Å²) in [6.07, 6.45) is -0.742. The Kier molecular flexibility index (Phi) is 5.39. The summed E-state index contributed by atoms with van der Waals surface area (Å²) in [4.78, 5) is 12.2. The molecule has 5 heteroatoms. The lowest BCUT2D eigenvalue weighted by atomic mass is 10.1. The Hall–Kier alpha value is -2.07. The van der Waals surface area contributed by atoms with E-state index in [1.54, 1.807) is 56.3 Å². The topological polar surface area (TPSA) is 38.3 Å². The van der Waals surface area contributed by atoms with E-state index in [1.807, 2.05) is 0 Å². The zero-order chi connectivity index (χ0) is 16.1. The van der Waals surface area contributed by atoms with Crippen molar-refractivity contribution in [1.82, 2.24) is 5.32 Å². The molecule has 2 aromatic rings. The number of hydrogen-bond donors (Lipinski definition) is 1. The second-order valence-electron chi connectivity index (χ2n) is 4.94. The molecule has 0 fully saturated rings. The molecule has 0 spiro atoms. The van der Waals surface area contributed by atoms with Gasteiger partial charge >= 0.3 is 0 Å². The lowest BCUT2D eigenvalue weighted by Crippen LogP contribution is -2.38. The van der Waals surface area contributed by atoms with Gasteiger partial charge in [-0.15, -0.1) is 0 Å². The summed E-state index contributed by atoms with van der Waals surface area (Å²) in [5, 5.41) is 3.16. The molecule has 0 radical (unpaired) electrons. The molecule has 0 heterocycles. The number of carbonyl (C=O) groups excluding carboxylic acids is 1. The van der Waals surface area contributed by atoms with Gasteiger partial charge in [-0.1, -0.05) is 41.9 Å². The number of nitrogens with one attached hydrogen (secondary N) is 1. The van der Waals surface area contributed by atoms with Gasteiger partial charge in [-0.3, -0.25) is 4.79 Å². The molecule has 0 aliphatic rings. The average molecular weight is 322 g/mol. The summed E-state index contributed by atoms with van der Waals surface area (Å²) in [5.41, 5.74) is 0.431. The van der Waals surface area contributed by atoms with E-state index >= 15 is 0 Å². The molecule has 2 rings (SSSR count). The SMILES string of the molecule is C[C@@H](Oc1ccccc1Cl)C(=O)N[C@H](C)c1ccccc1F. The molecule has 2 atom stereocenters. The van der Waals surface area contributed by atoms with Gasteiger partial charge in [0.15, 0.2) is 6.10 Å². The zero-order valence-corrected chi connectivity index (χ0v) is 13.1. The Morgan fingerprint density at radius 2 is 1.77 bits per heavy atom. The van der Waals surface area contributed by atoms with E-state index in [2.05, 4.69) is 5.32 Å². The van der Waals surface area contributed by atoms with E-state index in [9.17, 15) is 9.18 Å². The lowest BCUT2D eigenvalue weighted by Gasteiger charge is -2.19. The van der Waals surface area contributed by atoms with Crippen LogP contribution in [0.4, 0.5) is 4.39 Å². The van der Waals surface area contributed by atoms with Crippen LogP contribution < -0.4 is 10.1 Å². The van der Waals surface area contributed by atoms with Gasteiger partial charge in [0.05, 0.1) is 11.1 Å². The van der Waals surface area contributed by atoms with Crippen LogP contribution in [-0.2, 0) is 4.79 Å². The van der Waals surface area contributed by atoms with Crippen molar-refractivity contribution in [1.29, 1.82) is 0 Å². The lowest BCUT2D eigenvalue weighted by molar-refractivity contribution is -0.127. The number of para-hydroxylation sites is 1. The van der Waals surface area contributed by atoms with Crippen LogP contribution in [0.1, 0.15) is 25.5 Å². The van der Waals surface area contributed by atoms with E-state index in [4.69, 9.17) is 16.3 Å². The second-order valence-corrected chi connectivity index (χ2v) is 5.35. The predicted octanol–water partition coefficient (Wildman–Crippen LogP) is 4.12. The van der Waals surface area contributed by atoms with Crippen LogP contribution in [0.5, 0.6) is 5.75 Å².